The number of nitrogens with two attached hydrogens (primary N) is 1. The normalized spacial score (nSPS) is 19.0. The molecular weight excluding hydrogens is 435 g/mol. The molecular formula is C22H26F3N7O. The van der Waals surface area contributed by atoms with Crippen molar-refractivity contribution in [2.75, 3.05) is 10.6 Å². The average Bonchev–Trinajstić information content (AvgIpc) is 3.06. The van der Waals surface area contributed by atoms with Gasteiger partial charge in [-0.15, -0.1) is 0 Å². The SMILES string of the molecule is CC(C)(C)Nc1ncc2nc(Nc3c(F)cc(F)cc3F)n([C@H]3CC[C@@H](C(N)=O)CC3)c2n1. The maximum absolute atomic E-state index is 14.3. The predicted molar refractivity (Wildman–Crippen MR) is 118 cm³/mol. The summed E-state index contributed by atoms with van der Waals surface area (Å²) in [6.07, 6.45) is 3.90. The average molecular weight is 461 g/mol. The number of nitrogens with zero attached hydrogens (tertiary/aromatic N) is 4. The fourth-order valence-corrected chi connectivity index (χ4v) is 4.11. The van der Waals surface area contributed by atoms with E-state index in [0.717, 1.165) is 0 Å². The number of rotatable bonds is 5. The van der Waals surface area contributed by atoms with Crippen LogP contribution in [0.3, 0.4) is 0 Å². The van der Waals surface area contributed by atoms with Gasteiger partial charge >= 0.3 is 0 Å². The van der Waals surface area contributed by atoms with E-state index < -0.39 is 23.1 Å². The van der Waals surface area contributed by atoms with Crippen LogP contribution in [0.15, 0.2) is 18.3 Å². The lowest BCUT2D eigenvalue weighted by Crippen LogP contribution is -2.29. The van der Waals surface area contributed by atoms with Crippen molar-refractivity contribution in [2.24, 2.45) is 11.7 Å². The summed E-state index contributed by atoms with van der Waals surface area (Å²) in [5.74, 6) is -3.19. The van der Waals surface area contributed by atoms with E-state index in [4.69, 9.17) is 5.73 Å². The Morgan fingerprint density at radius 3 is 2.30 bits per heavy atom. The number of hydrogen-bond acceptors (Lipinski definition) is 6. The van der Waals surface area contributed by atoms with Crippen molar-refractivity contribution in [2.45, 2.75) is 58.0 Å². The molecule has 0 spiro atoms. The van der Waals surface area contributed by atoms with E-state index >= 15 is 0 Å². The first-order valence-corrected chi connectivity index (χ1v) is 10.8. The first kappa shape index (κ1) is 22.8. The highest BCUT2D eigenvalue weighted by Gasteiger charge is 2.30. The van der Waals surface area contributed by atoms with E-state index in [1.165, 1.54) is 6.20 Å². The molecule has 0 bridgehead atoms. The summed E-state index contributed by atoms with van der Waals surface area (Å²) in [6.45, 7) is 5.90. The molecule has 2 heterocycles. The van der Waals surface area contributed by atoms with E-state index in [0.29, 0.717) is 54.9 Å². The summed E-state index contributed by atoms with van der Waals surface area (Å²) >= 11 is 0. The lowest BCUT2D eigenvalue weighted by atomic mass is 9.85. The molecule has 33 heavy (non-hydrogen) atoms. The van der Waals surface area contributed by atoms with Gasteiger partial charge in [0.15, 0.2) is 17.3 Å². The van der Waals surface area contributed by atoms with Crippen LogP contribution in [-0.4, -0.2) is 31.0 Å². The van der Waals surface area contributed by atoms with Gasteiger partial charge in [-0.25, -0.2) is 23.1 Å². The molecule has 8 nitrogen and oxygen atoms in total. The number of nitrogens with one attached hydrogen (secondary N) is 2. The molecule has 1 fully saturated rings. The highest BCUT2D eigenvalue weighted by molar-refractivity contribution is 5.78. The van der Waals surface area contributed by atoms with Crippen LogP contribution in [-0.2, 0) is 4.79 Å². The summed E-state index contributed by atoms with van der Waals surface area (Å²) in [5.41, 5.74) is 5.56. The number of aromatic nitrogens is 4. The number of benzene rings is 1. The Morgan fingerprint density at radius 1 is 1.09 bits per heavy atom. The van der Waals surface area contributed by atoms with Crippen LogP contribution < -0.4 is 16.4 Å². The zero-order valence-corrected chi connectivity index (χ0v) is 18.6. The summed E-state index contributed by atoms with van der Waals surface area (Å²) in [5, 5.41) is 5.88. The Morgan fingerprint density at radius 2 is 1.73 bits per heavy atom. The number of anilines is 3. The second-order valence-electron chi connectivity index (χ2n) is 9.36. The molecule has 1 amide bonds. The minimum absolute atomic E-state index is 0.142. The largest absolute Gasteiger partial charge is 0.369 e. The molecule has 2 aromatic heterocycles. The van der Waals surface area contributed by atoms with Gasteiger partial charge in [0.2, 0.25) is 17.8 Å². The van der Waals surface area contributed by atoms with Crippen molar-refractivity contribution in [1.82, 2.24) is 19.5 Å². The molecule has 0 radical (unpaired) electrons. The number of carbonyl (C=O) groups is 1. The molecule has 1 aliphatic carbocycles. The molecule has 11 heteroatoms. The Labute approximate surface area is 188 Å². The van der Waals surface area contributed by atoms with Gasteiger partial charge in [0, 0.05) is 29.6 Å². The van der Waals surface area contributed by atoms with Gasteiger partial charge in [0.05, 0.1) is 6.20 Å². The van der Waals surface area contributed by atoms with E-state index in [1.807, 2.05) is 20.8 Å². The summed E-state index contributed by atoms with van der Waals surface area (Å²) in [6, 6.07) is 1.06. The number of primary amides is 1. The van der Waals surface area contributed by atoms with Gasteiger partial charge in [0.25, 0.3) is 0 Å². The molecule has 0 aliphatic heterocycles. The number of imidazole rings is 1. The minimum Gasteiger partial charge on any atom is -0.369 e. The second kappa shape index (κ2) is 8.53. The van der Waals surface area contributed by atoms with Crippen LogP contribution >= 0.6 is 0 Å². The van der Waals surface area contributed by atoms with E-state index in [9.17, 15) is 18.0 Å². The number of carbonyl (C=O) groups excluding carboxylic acids is 1. The number of fused-ring (bicyclic) bond motifs is 1. The van der Waals surface area contributed by atoms with Gasteiger partial charge < -0.3 is 16.4 Å². The van der Waals surface area contributed by atoms with Crippen molar-refractivity contribution < 1.29 is 18.0 Å². The van der Waals surface area contributed by atoms with Gasteiger partial charge in [0.1, 0.15) is 17.0 Å². The number of amides is 1. The van der Waals surface area contributed by atoms with Crippen molar-refractivity contribution in [1.29, 1.82) is 0 Å². The second-order valence-corrected chi connectivity index (χ2v) is 9.36. The molecule has 1 aliphatic rings. The molecule has 1 saturated carbocycles. The van der Waals surface area contributed by atoms with E-state index in [2.05, 4.69) is 25.6 Å². The first-order chi connectivity index (χ1) is 15.5. The lowest BCUT2D eigenvalue weighted by Gasteiger charge is -2.29. The lowest BCUT2D eigenvalue weighted by molar-refractivity contribution is -0.122. The number of hydrogen-bond donors (Lipinski definition) is 3. The van der Waals surface area contributed by atoms with Crippen LogP contribution in [0.1, 0.15) is 52.5 Å². The van der Waals surface area contributed by atoms with E-state index in [-0.39, 0.29) is 29.4 Å². The fraction of sp³-hybridized carbons (Fsp3) is 0.455. The maximum atomic E-state index is 14.3. The molecule has 176 valence electrons. The highest BCUT2D eigenvalue weighted by Crippen LogP contribution is 2.37. The third kappa shape index (κ3) is 4.86. The van der Waals surface area contributed by atoms with Gasteiger partial charge in [-0.2, -0.15) is 4.98 Å². The van der Waals surface area contributed by atoms with Gasteiger partial charge in [-0.05, 0) is 46.5 Å². The first-order valence-electron chi connectivity index (χ1n) is 10.8. The fourth-order valence-electron chi connectivity index (χ4n) is 4.11. The van der Waals surface area contributed by atoms with Gasteiger partial charge in [-0.3, -0.25) is 9.36 Å². The van der Waals surface area contributed by atoms with Crippen LogP contribution in [0.2, 0.25) is 0 Å². The third-order valence-corrected chi connectivity index (χ3v) is 5.63. The number of halogens is 3. The monoisotopic (exact) mass is 461 g/mol. The Bertz CT molecular complexity index is 1170. The molecule has 0 unspecified atom stereocenters. The molecule has 1 aromatic carbocycles. The Balaban J connectivity index is 1.78. The molecule has 4 rings (SSSR count). The van der Waals surface area contributed by atoms with Gasteiger partial charge in [-0.1, -0.05) is 0 Å². The topological polar surface area (TPSA) is 111 Å². The summed E-state index contributed by atoms with van der Waals surface area (Å²) in [7, 11) is 0. The van der Waals surface area contributed by atoms with Crippen LogP contribution in [0.4, 0.5) is 30.8 Å². The minimum atomic E-state index is -1.08. The van der Waals surface area contributed by atoms with Crippen LogP contribution in [0, 0.1) is 23.4 Å². The summed E-state index contributed by atoms with van der Waals surface area (Å²) < 4.78 is 43.8. The maximum Gasteiger partial charge on any atom is 0.225 e. The molecule has 0 saturated heterocycles. The molecule has 0 atom stereocenters. The quantitative estimate of drug-likeness (QED) is 0.519. The molecule has 4 N–H and O–H groups in total. The highest BCUT2D eigenvalue weighted by atomic mass is 19.1. The predicted octanol–water partition coefficient (Wildman–Crippen LogP) is 4.41. The zero-order valence-electron chi connectivity index (χ0n) is 18.6. The van der Waals surface area contributed by atoms with E-state index in [1.54, 1.807) is 4.57 Å². The van der Waals surface area contributed by atoms with Crippen LogP contribution in [0.5, 0.6) is 0 Å². The van der Waals surface area contributed by atoms with Crippen molar-refractivity contribution in [3.63, 3.8) is 0 Å². The Hall–Kier alpha value is -3.37. The standard InChI is InChI=1S/C22H26F3N7O/c1-22(2,3)31-20-27-10-16-19(30-20)32(13-6-4-11(5-7-13)18(26)33)21(28-16)29-17-14(24)8-12(23)9-15(17)25/h8-11,13H,4-7H2,1-3H3,(H2,26,33)(H,28,29)(H,27,30,31)/t11-,13+. The Kier molecular flexibility index (Phi) is 5.89. The summed E-state index contributed by atoms with van der Waals surface area (Å²) in [4.78, 5) is 25.0. The van der Waals surface area contributed by atoms with Crippen LogP contribution in [0.25, 0.3) is 11.2 Å². The van der Waals surface area contributed by atoms with Crippen molar-refractivity contribution >= 4 is 34.7 Å². The third-order valence-electron chi connectivity index (χ3n) is 5.63. The van der Waals surface area contributed by atoms with Crippen molar-refractivity contribution in [3.05, 3.63) is 35.8 Å². The van der Waals surface area contributed by atoms with Crippen molar-refractivity contribution in [3.8, 4) is 0 Å². The molecule has 3 aromatic rings. The smallest absolute Gasteiger partial charge is 0.225 e. The zero-order chi connectivity index (χ0) is 23.9.